The monoisotopic (exact) mass is 250 g/mol. The van der Waals surface area contributed by atoms with Crippen LogP contribution in [0.25, 0.3) is 0 Å². The lowest BCUT2D eigenvalue weighted by molar-refractivity contribution is -0.128. The van der Waals surface area contributed by atoms with Crippen molar-refractivity contribution < 1.29 is 9.59 Å². The zero-order valence-corrected chi connectivity index (χ0v) is 10.9. The molecule has 1 amide bonds. The van der Waals surface area contributed by atoms with Crippen LogP contribution in [0.1, 0.15) is 20.8 Å². The maximum absolute atomic E-state index is 11.7. The number of nitrogens with zero attached hydrogens (tertiary/aromatic N) is 3. The number of amides is 1. The highest BCUT2D eigenvalue weighted by atomic mass is 16.2. The fraction of sp³-hybridized carbons (Fsp3) is 0.667. The SMILES string of the molecule is CC(=O)C(NC(=O)CN(CC#N)CC#N)C(C)C. The summed E-state index contributed by atoms with van der Waals surface area (Å²) >= 11 is 0. The molecule has 0 saturated heterocycles. The van der Waals surface area contributed by atoms with Crippen LogP contribution in [0, 0.1) is 28.6 Å². The Hall–Kier alpha value is -1.92. The minimum absolute atomic E-state index is 0.00633. The van der Waals surface area contributed by atoms with Gasteiger partial charge in [0.15, 0.2) is 5.78 Å². The van der Waals surface area contributed by atoms with E-state index in [4.69, 9.17) is 10.5 Å². The van der Waals surface area contributed by atoms with Gasteiger partial charge in [-0.1, -0.05) is 13.8 Å². The van der Waals surface area contributed by atoms with E-state index in [1.54, 1.807) is 0 Å². The van der Waals surface area contributed by atoms with Crippen molar-refractivity contribution in [3.8, 4) is 12.1 Å². The van der Waals surface area contributed by atoms with Gasteiger partial charge in [0.05, 0.1) is 37.8 Å². The maximum Gasteiger partial charge on any atom is 0.234 e. The van der Waals surface area contributed by atoms with Crippen molar-refractivity contribution in [2.24, 2.45) is 5.92 Å². The molecule has 0 fully saturated rings. The second kappa shape index (κ2) is 8.21. The summed E-state index contributed by atoms with van der Waals surface area (Å²) in [5, 5.41) is 19.7. The summed E-state index contributed by atoms with van der Waals surface area (Å²) in [6.07, 6.45) is 0. The molecule has 0 spiro atoms. The van der Waals surface area contributed by atoms with Crippen LogP contribution in [0.2, 0.25) is 0 Å². The van der Waals surface area contributed by atoms with Crippen LogP contribution in [0.15, 0.2) is 0 Å². The number of Topliss-reactive ketones (excluding diaryl/α,β-unsaturated/α-hetero) is 1. The molecule has 0 bridgehead atoms. The first kappa shape index (κ1) is 16.1. The molecule has 0 aliphatic rings. The molecule has 1 N–H and O–H groups in total. The number of nitriles is 2. The van der Waals surface area contributed by atoms with Crippen molar-refractivity contribution in [1.82, 2.24) is 10.2 Å². The first-order valence-electron chi connectivity index (χ1n) is 5.68. The van der Waals surface area contributed by atoms with E-state index in [1.807, 2.05) is 26.0 Å². The average Bonchev–Trinajstić information content (AvgIpc) is 2.25. The van der Waals surface area contributed by atoms with Crippen molar-refractivity contribution in [1.29, 1.82) is 10.5 Å². The highest BCUT2D eigenvalue weighted by Crippen LogP contribution is 2.02. The summed E-state index contributed by atoms with van der Waals surface area (Å²) < 4.78 is 0. The topological polar surface area (TPSA) is 97.0 Å². The van der Waals surface area contributed by atoms with Gasteiger partial charge >= 0.3 is 0 Å². The van der Waals surface area contributed by atoms with E-state index in [-0.39, 0.29) is 37.2 Å². The molecule has 0 aliphatic heterocycles. The Bertz CT molecular complexity index is 363. The van der Waals surface area contributed by atoms with Gasteiger partial charge in [-0.15, -0.1) is 0 Å². The number of rotatable bonds is 7. The van der Waals surface area contributed by atoms with Crippen LogP contribution in [-0.4, -0.2) is 42.3 Å². The quantitative estimate of drug-likeness (QED) is 0.645. The Morgan fingerprint density at radius 3 is 2.06 bits per heavy atom. The molecule has 6 heteroatoms. The van der Waals surface area contributed by atoms with Gasteiger partial charge in [0, 0.05) is 0 Å². The van der Waals surface area contributed by atoms with Crippen LogP contribution in [-0.2, 0) is 9.59 Å². The molecule has 0 heterocycles. The smallest absolute Gasteiger partial charge is 0.234 e. The summed E-state index contributed by atoms with van der Waals surface area (Å²) in [4.78, 5) is 24.4. The fourth-order valence-corrected chi connectivity index (χ4v) is 1.53. The van der Waals surface area contributed by atoms with Crippen LogP contribution in [0.4, 0.5) is 0 Å². The number of ketones is 1. The summed E-state index contributed by atoms with van der Waals surface area (Å²) in [7, 11) is 0. The summed E-state index contributed by atoms with van der Waals surface area (Å²) in [5.74, 6) is -0.452. The third kappa shape index (κ3) is 5.97. The van der Waals surface area contributed by atoms with Gasteiger partial charge in [-0.2, -0.15) is 10.5 Å². The van der Waals surface area contributed by atoms with E-state index in [0.29, 0.717) is 0 Å². The predicted molar refractivity (Wildman–Crippen MR) is 65.1 cm³/mol. The minimum atomic E-state index is -0.525. The molecule has 0 rings (SSSR count). The lowest BCUT2D eigenvalue weighted by atomic mass is 10.0. The Morgan fingerprint density at radius 2 is 1.72 bits per heavy atom. The summed E-state index contributed by atoms with van der Waals surface area (Å²) in [6, 6.07) is 3.24. The molecule has 0 saturated carbocycles. The Morgan fingerprint density at radius 1 is 1.22 bits per heavy atom. The van der Waals surface area contributed by atoms with Crippen LogP contribution in [0.5, 0.6) is 0 Å². The van der Waals surface area contributed by atoms with Gasteiger partial charge in [-0.3, -0.25) is 14.5 Å². The molecular weight excluding hydrogens is 232 g/mol. The standard InChI is InChI=1S/C12H18N4O2/c1-9(2)12(10(3)17)15-11(18)8-16(6-4-13)7-5-14/h9,12H,6-8H2,1-3H3,(H,15,18). The average molecular weight is 250 g/mol. The van der Waals surface area contributed by atoms with Crippen molar-refractivity contribution in [3.05, 3.63) is 0 Å². The zero-order chi connectivity index (χ0) is 14.1. The highest BCUT2D eigenvalue weighted by molar-refractivity contribution is 5.88. The molecule has 0 aliphatic carbocycles. The van der Waals surface area contributed by atoms with Gasteiger partial charge in [-0.25, -0.2) is 0 Å². The number of hydrogen-bond acceptors (Lipinski definition) is 5. The molecule has 1 atom stereocenters. The minimum Gasteiger partial charge on any atom is -0.345 e. The Balaban J connectivity index is 4.44. The predicted octanol–water partition coefficient (Wildman–Crippen LogP) is 0.0654. The van der Waals surface area contributed by atoms with E-state index in [0.717, 1.165) is 0 Å². The molecule has 1 unspecified atom stereocenters. The Labute approximate surface area is 107 Å². The van der Waals surface area contributed by atoms with Crippen molar-refractivity contribution in [3.63, 3.8) is 0 Å². The molecule has 6 nitrogen and oxygen atoms in total. The van der Waals surface area contributed by atoms with Gasteiger partial charge in [0.25, 0.3) is 0 Å². The molecular formula is C12H18N4O2. The normalized spacial score (nSPS) is 11.7. The molecule has 0 aromatic carbocycles. The Kier molecular flexibility index (Phi) is 7.34. The highest BCUT2D eigenvalue weighted by Gasteiger charge is 2.21. The molecule has 0 aromatic heterocycles. The zero-order valence-electron chi connectivity index (χ0n) is 10.9. The van der Waals surface area contributed by atoms with Gasteiger partial charge in [0.2, 0.25) is 5.91 Å². The fourth-order valence-electron chi connectivity index (χ4n) is 1.53. The molecule has 0 radical (unpaired) electrons. The number of carbonyl (C=O) groups excluding carboxylic acids is 2. The second-order valence-corrected chi connectivity index (χ2v) is 4.36. The van der Waals surface area contributed by atoms with Crippen LogP contribution < -0.4 is 5.32 Å². The third-order valence-electron chi connectivity index (χ3n) is 2.38. The van der Waals surface area contributed by atoms with E-state index in [1.165, 1.54) is 11.8 Å². The van der Waals surface area contributed by atoms with Gasteiger partial charge < -0.3 is 5.32 Å². The number of nitrogens with one attached hydrogen (secondary N) is 1. The van der Waals surface area contributed by atoms with Gasteiger partial charge in [0.1, 0.15) is 0 Å². The van der Waals surface area contributed by atoms with Crippen molar-refractivity contribution >= 4 is 11.7 Å². The van der Waals surface area contributed by atoms with Crippen LogP contribution >= 0.6 is 0 Å². The third-order valence-corrected chi connectivity index (χ3v) is 2.38. The van der Waals surface area contributed by atoms with Crippen molar-refractivity contribution in [2.45, 2.75) is 26.8 Å². The number of carbonyl (C=O) groups is 2. The van der Waals surface area contributed by atoms with E-state index in [9.17, 15) is 9.59 Å². The second-order valence-electron chi connectivity index (χ2n) is 4.36. The number of hydrogen-bond donors (Lipinski definition) is 1. The summed E-state index contributed by atoms with van der Waals surface area (Å²) in [5.41, 5.74) is 0. The molecule has 0 aromatic rings. The van der Waals surface area contributed by atoms with E-state index >= 15 is 0 Å². The van der Waals surface area contributed by atoms with E-state index in [2.05, 4.69) is 5.32 Å². The lowest BCUT2D eigenvalue weighted by Crippen LogP contribution is -2.47. The first-order valence-corrected chi connectivity index (χ1v) is 5.68. The van der Waals surface area contributed by atoms with E-state index < -0.39 is 6.04 Å². The summed E-state index contributed by atoms with van der Waals surface area (Å²) in [6.45, 7) is 5.06. The lowest BCUT2D eigenvalue weighted by Gasteiger charge is -2.21. The largest absolute Gasteiger partial charge is 0.345 e. The van der Waals surface area contributed by atoms with Crippen molar-refractivity contribution in [2.75, 3.05) is 19.6 Å². The molecule has 18 heavy (non-hydrogen) atoms. The van der Waals surface area contributed by atoms with Gasteiger partial charge in [-0.05, 0) is 12.8 Å². The molecule has 98 valence electrons. The van der Waals surface area contributed by atoms with Crippen LogP contribution in [0.3, 0.4) is 0 Å². The first-order chi connectivity index (χ1) is 8.42. The maximum atomic E-state index is 11.7.